The van der Waals surface area contributed by atoms with Gasteiger partial charge in [-0.05, 0) is 26.0 Å². The normalized spacial score (nSPS) is 13.0. The summed E-state index contributed by atoms with van der Waals surface area (Å²) in [6.07, 6.45) is 2.41. The van der Waals surface area contributed by atoms with Crippen molar-refractivity contribution in [2.45, 2.75) is 26.3 Å². The lowest BCUT2D eigenvalue weighted by molar-refractivity contribution is 0.489. The van der Waals surface area contributed by atoms with Crippen molar-refractivity contribution in [3.8, 4) is 0 Å². The fraction of sp³-hybridized carbons (Fsp3) is 0.364. The van der Waals surface area contributed by atoms with Crippen LogP contribution in [-0.2, 0) is 6.42 Å². The van der Waals surface area contributed by atoms with Gasteiger partial charge in [-0.1, -0.05) is 0 Å². The quantitative estimate of drug-likeness (QED) is 0.868. The Labute approximate surface area is 92.9 Å². The van der Waals surface area contributed by atoms with Crippen LogP contribution in [0.4, 0.5) is 0 Å². The third-order valence-corrected chi connectivity index (χ3v) is 3.48. The average molecular weight is 222 g/mol. The fourth-order valence-corrected chi connectivity index (χ4v) is 2.56. The molecule has 0 saturated carbocycles. The maximum Gasteiger partial charge on any atom is 0.105 e. The summed E-state index contributed by atoms with van der Waals surface area (Å²) in [5, 5.41) is 1.07. The van der Waals surface area contributed by atoms with Gasteiger partial charge in [0.25, 0.3) is 0 Å². The van der Waals surface area contributed by atoms with E-state index in [0.29, 0.717) is 0 Å². The van der Waals surface area contributed by atoms with E-state index in [-0.39, 0.29) is 6.04 Å². The van der Waals surface area contributed by atoms with Crippen molar-refractivity contribution in [1.29, 1.82) is 0 Å². The molecule has 1 unspecified atom stereocenters. The summed E-state index contributed by atoms with van der Waals surface area (Å²) in [6.45, 7) is 4.00. The predicted molar refractivity (Wildman–Crippen MR) is 60.9 cm³/mol. The van der Waals surface area contributed by atoms with E-state index >= 15 is 0 Å². The van der Waals surface area contributed by atoms with Crippen molar-refractivity contribution in [3.63, 3.8) is 0 Å². The highest BCUT2D eigenvalue weighted by molar-refractivity contribution is 7.11. The first-order chi connectivity index (χ1) is 7.16. The molecule has 15 heavy (non-hydrogen) atoms. The van der Waals surface area contributed by atoms with Gasteiger partial charge in [-0.25, -0.2) is 4.98 Å². The molecule has 2 N–H and O–H groups in total. The topological polar surface area (TPSA) is 52.0 Å². The molecule has 2 heterocycles. The molecule has 0 aliphatic rings. The minimum atomic E-state index is -0.0117. The molecule has 0 fully saturated rings. The first-order valence-corrected chi connectivity index (χ1v) is 5.70. The summed E-state index contributed by atoms with van der Waals surface area (Å²) >= 11 is 1.67. The molecule has 0 aromatic carbocycles. The summed E-state index contributed by atoms with van der Waals surface area (Å²) in [4.78, 5) is 5.53. The van der Waals surface area contributed by atoms with Gasteiger partial charge < -0.3 is 10.2 Å². The van der Waals surface area contributed by atoms with E-state index in [4.69, 9.17) is 10.2 Å². The van der Waals surface area contributed by atoms with Crippen LogP contribution in [0.1, 0.15) is 27.4 Å². The van der Waals surface area contributed by atoms with Crippen LogP contribution >= 0.6 is 11.3 Å². The number of nitrogens with two attached hydrogens (primary N) is 1. The van der Waals surface area contributed by atoms with Gasteiger partial charge in [0.05, 0.1) is 17.0 Å². The standard InChI is InChI=1S/C11H14N2OS/c1-7-11(15-8(2)13-7)10(12)6-9-4-3-5-14-9/h3-5,10H,6,12H2,1-2H3. The number of aryl methyl sites for hydroxylation is 2. The number of furan rings is 1. The molecule has 0 aliphatic carbocycles. The van der Waals surface area contributed by atoms with Gasteiger partial charge in [-0.15, -0.1) is 11.3 Å². The summed E-state index contributed by atoms with van der Waals surface area (Å²) in [7, 11) is 0. The molecular formula is C11H14N2OS. The van der Waals surface area contributed by atoms with Gasteiger partial charge in [-0.3, -0.25) is 0 Å². The van der Waals surface area contributed by atoms with Crippen molar-refractivity contribution in [2.75, 3.05) is 0 Å². The Kier molecular flexibility index (Phi) is 2.88. The van der Waals surface area contributed by atoms with Crippen molar-refractivity contribution in [2.24, 2.45) is 5.73 Å². The predicted octanol–water partition coefficient (Wildman–Crippen LogP) is 2.60. The smallest absolute Gasteiger partial charge is 0.105 e. The molecule has 0 aliphatic heterocycles. The molecule has 0 amide bonds. The lowest BCUT2D eigenvalue weighted by Crippen LogP contribution is -2.12. The molecule has 0 saturated heterocycles. The van der Waals surface area contributed by atoms with E-state index < -0.39 is 0 Å². The first-order valence-electron chi connectivity index (χ1n) is 4.88. The third-order valence-electron chi connectivity index (χ3n) is 2.28. The molecule has 2 aromatic heterocycles. The van der Waals surface area contributed by atoms with Gasteiger partial charge >= 0.3 is 0 Å². The highest BCUT2D eigenvalue weighted by atomic mass is 32.1. The molecule has 80 valence electrons. The first kappa shape index (κ1) is 10.4. The van der Waals surface area contributed by atoms with Crippen LogP contribution in [0.2, 0.25) is 0 Å². The lowest BCUT2D eigenvalue weighted by atomic mass is 10.1. The van der Waals surface area contributed by atoms with E-state index in [1.165, 1.54) is 0 Å². The number of rotatable bonds is 3. The maximum atomic E-state index is 6.11. The summed E-state index contributed by atoms with van der Waals surface area (Å²) < 4.78 is 5.28. The average Bonchev–Trinajstić information content (AvgIpc) is 2.75. The Balaban J connectivity index is 2.14. The molecule has 2 rings (SSSR count). The number of aromatic nitrogens is 1. The zero-order valence-electron chi connectivity index (χ0n) is 8.86. The molecular weight excluding hydrogens is 208 g/mol. The zero-order chi connectivity index (χ0) is 10.8. The minimum Gasteiger partial charge on any atom is -0.469 e. The monoisotopic (exact) mass is 222 g/mol. The molecule has 3 nitrogen and oxygen atoms in total. The SMILES string of the molecule is Cc1nc(C)c(C(N)Cc2ccco2)s1. The van der Waals surface area contributed by atoms with Crippen LogP contribution in [0.15, 0.2) is 22.8 Å². The van der Waals surface area contributed by atoms with E-state index in [1.54, 1.807) is 17.6 Å². The molecule has 0 spiro atoms. The van der Waals surface area contributed by atoms with Crippen molar-refractivity contribution in [1.82, 2.24) is 4.98 Å². The number of thiazole rings is 1. The Morgan fingerprint density at radius 2 is 2.33 bits per heavy atom. The van der Waals surface area contributed by atoms with Gasteiger partial charge in [0.1, 0.15) is 5.76 Å². The number of hydrogen-bond donors (Lipinski definition) is 1. The largest absolute Gasteiger partial charge is 0.469 e. The fourth-order valence-electron chi connectivity index (χ4n) is 1.63. The summed E-state index contributed by atoms with van der Waals surface area (Å²) in [5.74, 6) is 0.924. The highest BCUT2D eigenvalue weighted by Crippen LogP contribution is 2.25. The molecule has 1 atom stereocenters. The van der Waals surface area contributed by atoms with Crippen LogP contribution in [0.3, 0.4) is 0 Å². The van der Waals surface area contributed by atoms with E-state index in [0.717, 1.165) is 27.8 Å². The Bertz CT molecular complexity index is 433. The van der Waals surface area contributed by atoms with Crippen LogP contribution in [0.25, 0.3) is 0 Å². The Morgan fingerprint density at radius 3 is 2.87 bits per heavy atom. The molecule has 0 radical (unpaired) electrons. The van der Waals surface area contributed by atoms with E-state index in [9.17, 15) is 0 Å². The van der Waals surface area contributed by atoms with E-state index in [2.05, 4.69) is 4.98 Å². The lowest BCUT2D eigenvalue weighted by Gasteiger charge is -2.07. The minimum absolute atomic E-state index is 0.0117. The van der Waals surface area contributed by atoms with E-state index in [1.807, 2.05) is 26.0 Å². The third kappa shape index (κ3) is 2.27. The van der Waals surface area contributed by atoms with Gasteiger partial charge in [-0.2, -0.15) is 0 Å². The second kappa shape index (κ2) is 4.16. The molecule has 0 bridgehead atoms. The Hall–Kier alpha value is -1.13. The second-order valence-corrected chi connectivity index (χ2v) is 4.81. The molecule has 4 heteroatoms. The maximum absolute atomic E-state index is 6.11. The van der Waals surface area contributed by atoms with Crippen molar-refractivity contribution < 1.29 is 4.42 Å². The van der Waals surface area contributed by atoms with Crippen LogP contribution in [0.5, 0.6) is 0 Å². The van der Waals surface area contributed by atoms with Gasteiger partial charge in [0, 0.05) is 17.3 Å². The van der Waals surface area contributed by atoms with Gasteiger partial charge in [0.2, 0.25) is 0 Å². The van der Waals surface area contributed by atoms with Crippen LogP contribution in [-0.4, -0.2) is 4.98 Å². The summed E-state index contributed by atoms with van der Waals surface area (Å²) in [6, 6.07) is 3.82. The summed E-state index contributed by atoms with van der Waals surface area (Å²) in [5.41, 5.74) is 7.15. The Morgan fingerprint density at radius 1 is 1.53 bits per heavy atom. The highest BCUT2D eigenvalue weighted by Gasteiger charge is 2.14. The zero-order valence-corrected chi connectivity index (χ0v) is 9.67. The van der Waals surface area contributed by atoms with Crippen molar-refractivity contribution in [3.05, 3.63) is 39.7 Å². The van der Waals surface area contributed by atoms with Gasteiger partial charge in [0.15, 0.2) is 0 Å². The van der Waals surface area contributed by atoms with Crippen LogP contribution in [0, 0.1) is 13.8 Å². The van der Waals surface area contributed by atoms with Crippen LogP contribution < -0.4 is 5.73 Å². The molecule has 2 aromatic rings. The number of hydrogen-bond acceptors (Lipinski definition) is 4. The second-order valence-electron chi connectivity index (χ2n) is 3.57. The van der Waals surface area contributed by atoms with Crippen molar-refractivity contribution >= 4 is 11.3 Å². The number of nitrogens with zero attached hydrogens (tertiary/aromatic N) is 1.